The van der Waals surface area contributed by atoms with E-state index in [4.69, 9.17) is 27.6 Å². The van der Waals surface area contributed by atoms with E-state index >= 15 is 0 Å². The third-order valence-electron chi connectivity index (χ3n) is 4.61. The minimum absolute atomic E-state index is 0.0965. The van der Waals surface area contributed by atoms with E-state index in [1.165, 1.54) is 24.3 Å². The van der Waals surface area contributed by atoms with Gasteiger partial charge in [0.15, 0.2) is 0 Å². The summed E-state index contributed by atoms with van der Waals surface area (Å²) in [6, 6.07) is 13.2. The minimum atomic E-state index is -0.571. The molecule has 2 aromatic carbocycles. The van der Waals surface area contributed by atoms with Gasteiger partial charge in [0.2, 0.25) is 0 Å². The first kappa shape index (κ1) is 20.7. The Bertz CT molecular complexity index is 1180. The van der Waals surface area contributed by atoms with Crippen LogP contribution in [0.15, 0.2) is 57.9 Å². The minimum Gasteiger partial charge on any atom is -0.457 e. The molecule has 2 heterocycles. The van der Waals surface area contributed by atoms with Gasteiger partial charge in [0.25, 0.3) is 11.1 Å². The Kier molecular flexibility index (Phi) is 5.73. The summed E-state index contributed by atoms with van der Waals surface area (Å²) >= 11 is 13.0. The molecule has 0 aliphatic carbocycles. The lowest BCUT2D eigenvalue weighted by molar-refractivity contribution is -0.123. The molecule has 0 saturated carbocycles. The van der Waals surface area contributed by atoms with Crippen LogP contribution in [-0.2, 0) is 11.3 Å². The Morgan fingerprint density at radius 1 is 1.10 bits per heavy atom. The van der Waals surface area contributed by atoms with Gasteiger partial charge in [-0.2, -0.15) is 0 Å². The Hall–Kier alpha value is -2.54. The Balaban J connectivity index is 1.57. The molecule has 3 aromatic rings. The monoisotopic (exact) mass is 461 g/mol. The van der Waals surface area contributed by atoms with Crippen molar-refractivity contribution < 1.29 is 18.4 Å². The molecule has 0 bridgehead atoms. The van der Waals surface area contributed by atoms with E-state index < -0.39 is 17.0 Å². The molecule has 1 saturated heterocycles. The Morgan fingerprint density at radius 3 is 2.63 bits per heavy atom. The molecule has 4 nitrogen and oxygen atoms in total. The molecule has 8 heteroatoms. The van der Waals surface area contributed by atoms with E-state index in [2.05, 4.69) is 0 Å². The lowest BCUT2D eigenvalue weighted by atomic mass is 10.1. The molecule has 0 unspecified atom stereocenters. The average Bonchev–Trinajstić information content (AvgIpc) is 3.27. The summed E-state index contributed by atoms with van der Waals surface area (Å²) in [5, 5.41) is 0.284. The average molecular weight is 462 g/mol. The van der Waals surface area contributed by atoms with Crippen LogP contribution in [0.2, 0.25) is 10.0 Å². The molecule has 1 aliphatic heterocycles. The maximum absolute atomic E-state index is 14.0. The Morgan fingerprint density at radius 2 is 1.90 bits per heavy atom. The fraction of sp³-hybridized carbons (Fsp3) is 0.0909. The summed E-state index contributed by atoms with van der Waals surface area (Å²) in [7, 11) is 0. The molecule has 0 atom stereocenters. The molecule has 0 spiro atoms. The highest BCUT2D eigenvalue weighted by Gasteiger charge is 2.36. The van der Waals surface area contributed by atoms with Crippen molar-refractivity contribution in [3.63, 3.8) is 0 Å². The molecule has 0 radical (unpaired) electrons. The number of rotatable bonds is 4. The van der Waals surface area contributed by atoms with Crippen molar-refractivity contribution in [2.45, 2.75) is 13.5 Å². The zero-order valence-electron chi connectivity index (χ0n) is 15.6. The first-order chi connectivity index (χ1) is 14.3. The van der Waals surface area contributed by atoms with Gasteiger partial charge >= 0.3 is 0 Å². The van der Waals surface area contributed by atoms with Crippen molar-refractivity contribution in [3.05, 3.63) is 86.2 Å². The summed E-state index contributed by atoms with van der Waals surface area (Å²) in [5.41, 5.74) is 1.85. The first-order valence-electron chi connectivity index (χ1n) is 8.88. The van der Waals surface area contributed by atoms with Gasteiger partial charge in [0, 0.05) is 27.2 Å². The largest absolute Gasteiger partial charge is 0.457 e. The van der Waals surface area contributed by atoms with Crippen LogP contribution in [0.5, 0.6) is 0 Å². The van der Waals surface area contributed by atoms with Crippen molar-refractivity contribution in [3.8, 4) is 11.3 Å². The number of benzene rings is 2. The molecule has 1 fully saturated rings. The van der Waals surface area contributed by atoms with Gasteiger partial charge in [-0.05, 0) is 54.6 Å². The van der Waals surface area contributed by atoms with Crippen molar-refractivity contribution in [2.75, 3.05) is 0 Å². The van der Waals surface area contributed by atoms with Crippen LogP contribution in [0.1, 0.15) is 16.9 Å². The zero-order chi connectivity index (χ0) is 21.4. The summed E-state index contributed by atoms with van der Waals surface area (Å²) in [6.45, 7) is 1.67. The van der Waals surface area contributed by atoms with Crippen molar-refractivity contribution in [1.29, 1.82) is 0 Å². The van der Waals surface area contributed by atoms with Crippen molar-refractivity contribution >= 4 is 52.2 Å². The van der Waals surface area contributed by atoms with Gasteiger partial charge in [0.05, 0.1) is 11.4 Å². The van der Waals surface area contributed by atoms with Crippen LogP contribution in [0.4, 0.5) is 9.18 Å². The predicted molar refractivity (Wildman–Crippen MR) is 117 cm³/mol. The summed E-state index contributed by atoms with van der Waals surface area (Å²) in [5.74, 6) is -0.102. The van der Waals surface area contributed by atoms with Crippen LogP contribution < -0.4 is 0 Å². The molecule has 1 aromatic heterocycles. The molecule has 2 amide bonds. The standard InChI is InChI=1S/C22H14Cl2FNO3S/c1-12-5-6-13(9-17(12)24)19-8-7-14(29-19)10-20-21(27)26(22(28)30-20)11-15-16(23)3-2-4-18(15)25/h2-10H,11H2,1H3/b20-10-. The van der Waals surface area contributed by atoms with Crippen LogP contribution in [0.25, 0.3) is 17.4 Å². The molecule has 0 N–H and O–H groups in total. The van der Waals surface area contributed by atoms with Crippen molar-refractivity contribution in [1.82, 2.24) is 4.90 Å². The van der Waals surface area contributed by atoms with Crippen LogP contribution in [0.3, 0.4) is 0 Å². The molecule has 1 aliphatic rings. The molecular formula is C22H14Cl2FNO3S. The van der Waals surface area contributed by atoms with Gasteiger partial charge in [0.1, 0.15) is 17.3 Å². The first-order valence-corrected chi connectivity index (χ1v) is 10.5. The fourth-order valence-corrected chi connectivity index (χ4v) is 4.16. The summed E-state index contributed by atoms with van der Waals surface area (Å²) in [4.78, 5) is 26.2. The number of amides is 2. The zero-order valence-corrected chi connectivity index (χ0v) is 17.9. The quantitative estimate of drug-likeness (QED) is 0.394. The van der Waals surface area contributed by atoms with E-state index in [9.17, 15) is 14.0 Å². The predicted octanol–water partition coefficient (Wildman–Crippen LogP) is 6.94. The smallest absolute Gasteiger partial charge is 0.293 e. The second-order valence-electron chi connectivity index (χ2n) is 6.63. The molecule has 30 heavy (non-hydrogen) atoms. The van der Waals surface area contributed by atoms with E-state index in [1.807, 2.05) is 19.1 Å². The van der Waals surface area contributed by atoms with Crippen LogP contribution >= 0.6 is 35.0 Å². The lowest BCUT2D eigenvalue weighted by Crippen LogP contribution is -2.28. The number of aryl methyl sites for hydroxylation is 1. The number of carbonyl (C=O) groups excluding carboxylic acids is 2. The SMILES string of the molecule is Cc1ccc(-c2ccc(/C=C3\SC(=O)N(Cc4c(F)cccc4Cl)C3=O)o2)cc1Cl. The van der Waals surface area contributed by atoms with Crippen LogP contribution in [0, 0.1) is 12.7 Å². The number of thioether (sulfide) groups is 1. The number of nitrogens with zero attached hydrogens (tertiary/aromatic N) is 1. The molecular weight excluding hydrogens is 448 g/mol. The van der Waals surface area contributed by atoms with Gasteiger partial charge in [-0.25, -0.2) is 4.39 Å². The van der Waals surface area contributed by atoms with E-state index in [-0.39, 0.29) is 22.0 Å². The second-order valence-corrected chi connectivity index (χ2v) is 8.44. The normalized spacial score (nSPS) is 15.5. The number of hydrogen-bond acceptors (Lipinski definition) is 4. The Labute approximate surface area is 186 Å². The molecule has 152 valence electrons. The number of hydrogen-bond donors (Lipinski definition) is 0. The highest BCUT2D eigenvalue weighted by molar-refractivity contribution is 8.18. The number of halogens is 3. The van der Waals surface area contributed by atoms with E-state index in [0.717, 1.165) is 27.8 Å². The molecule has 4 rings (SSSR count). The summed E-state index contributed by atoms with van der Waals surface area (Å²) in [6.07, 6.45) is 1.49. The topological polar surface area (TPSA) is 50.5 Å². The van der Waals surface area contributed by atoms with E-state index in [1.54, 1.807) is 18.2 Å². The number of imide groups is 1. The highest BCUT2D eigenvalue weighted by Crippen LogP contribution is 2.35. The number of furan rings is 1. The fourth-order valence-electron chi connectivity index (χ4n) is 2.94. The van der Waals surface area contributed by atoms with E-state index in [0.29, 0.717) is 16.5 Å². The van der Waals surface area contributed by atoms with Gasteiger partial charge < -0.3 is 4.42 Å². The lowest BCUT2D eigenvalue weighted by Gasteiger charge is -2.14. The summed E-state index contributed by atoms with van der Waals surface area (Å²) < 4.78 is 19.8. The maximum Gasteiger partial charge on any atom is 0.293 e. The van der Waals surface area contributed by atoms with Crippen LogP contribution in [-0.4, -0.2) is 16.0 Å². The second kappa shape index (κ2) is 8.30. The highest BCUT2D eigenvalue weighted by atomic mass is 35.5. The number of carbonyl (C=O) groups is 2. The van der Waals surface area contributed by atoms with Gasteiger partial charge in [-0.1, -0.05) is 41.4 Å². The van der Waals surface area contributed by atoms with Gasteiger partial charge in [-0.15, -0.1) is 0 Å². The maximum atomic E-state index is 14.0. The third kappa shape index (κ3) is 4.03. The third-order valence-corrected chi connectivity index (χ3v) is 6.28. The van der Waals surface area contributed by atoms with Gasteiger partial charge in [-0.3, -0.25) is 14.5 Å². The van der Waals surface area contributed by atoms with Crippen molar-refractivity contribution in [2.24, 2.45) is 0 Å².